The molecule has 0 spiro atoms. The summed E-state index contributed by atoms with van der Waals surface area (Å²) in [5.41, 5.74) is 4.36. The number of nitrogens with one attached hydrogen (secondary N) is 2. The van der Waals surface area contributed by atoms with E-state index in [-0.39, 0.29) is 17.9 Å². The Labute approximate surface area is 178 Å². The Kier molecular flexibility index (Phi) is 5.24. The molecule has 1 aliphatic rings. The molecule has 0 saturated heterocycles. The van der Waals surface area contributed by atoms with Gasteiger partial charge in [0.25, 0.3) is 5.91 Å². The SMILES string of the molecule is Cc1ccc([C@@H]2C[C@@H](C(F)(F)F)n3nc(C(=O)Nc4ccc(C)c(C)c4)cc3N2)cc1. The highest BCUT2D eigenvalue weighted by molar-refractivity contribution is 6.03. The molecule has 4 rings (SSSR count). The molecule has 0 saturated carbocycles. The fraction of sp³-hybridized carbons (Fsp3) is 0.304. The van der Waals surface area contributed by atoms with E-state index in [1.807, 2.05) is 57.2 Å². The predicted octanol–water partition coefficient (Wildman–Crippen LogP) is 5.72. The first-order valence-corrected chi connectivity index (χ1v) is 10.00. The molecule has 0 fully saturated rings. The van der Waals surface area contributed by atoms with Crippen molar-refractivity contribution in [3.8, 4) is 0 Å². The van der Waals surface area contributed by atoms with Crippen molar-refractivity contribution < 1.29 is 18.0 Å². The predicted molar refractivity (Wildman–Crippen MR) is 113 cm³/mol. The second-order valence-corrected chi connectivity index (χ2v) is 8.01. The third kappa shape index (κ3) is 4.28. The van der Waals surface area contributed by atoms with Gasteiger partial charge < -0.3 is 10.6 Å². The van der Waals surface area contributed by atoms with Gasteiger partial charge >= 0.3 is 6.18 Å². The van der Waals surface area contributed by atoms with E-state index in [4.69, 9.17) is 0 Å². The summed E-state index contributed by atoms with van der Waals surface area (Å²) >= 11 is 0. The molecule has 2 heterocycles. The topological polar surface area (TPSA) is 59.0 Å². The standard InChI is InChI=1S/C23H23F3N4O/c1-13-4-7-16(8-5-13)18-11-20(23(24,25)26)30-21(28-18)12-19(29-30)22(31)27-17-9-6-14(2)15(3)10-17/h4-10,12,18,20,28H,11H2,1-3H3,(H,27,31)/t18-,20-/m0/s1. The molecular formula is C23H23F3N4O. The molecule has 1 aromatic heterocycles. The number of hydrogen-bond donors (Lipinski definition) is 2. The molecule has 0 aliphatic carbocycles. The number of fused-ring (bicyclic) bond motifs is 1. The van der Waals surface area contributed by atoms with E-state index in [1.165, 1.54) is 6.07 Å². The summed E-state index contributed by atoms with van der Waals surface area (Å²) in [6.45, 7) is 5.80. The summed E-state index contributed by atoms with van der Waals surface area (Å²) in [5.74, 6) is -0.385. The highest BCUT2D eigenvalue weighted by Crippen LogP contribution is 2.43. The van der Waals surface area contributed by atoms with E-state index in [0.29, 0.717) is 5.69 Å². The van der Waals surface area contributed by atoms with Crippen LogP contribution in [0.15, 0.2) is 48.5 Å². The number of amides is 1. The van der Waals surface area contributed by atoms with Crippen molar-refractivity contribution in [2.24, 2.45) is 0 Å². The summed E-state index contributed by atoms with van der Waals surface area (Å²) < 4.78 is 42.3. The van der Waals surface area contributed by atoms with Gasteiger partial charge in [0.15, 0.2) is 11.7 Å². The molecule has 2 N–H and O–H groups in total. The van der Waals surface area contributed by atoms with Gasteiger partial charge in [-0.2, -0.15) is 18.3 Å². The third-order valence-corrected chi connectivity index (χ3v) is 5.67. The van der Waals surface area contributed by atoms with E-state index in [9.17, 15) is 18.0 Å². The highest BCUT2D eigenvalue weighted by Gasteiger charge is 2.46. The Balaban J connectivity index is 1.63. The molecular weight excluding hydrogens is 405 g/mol. The molecule has 3 aromatic rings. The van der Waals surface area contributed by atoms with Crippen LogP contribution >= 0.6 is 0 Å². The number of nitrogens with zero attached hydrogens (tertiary/aromatic N) is 2. The zero-order valence-corrected chi connectivity index (χ0v) is 17.4. The van der Waals surface area contributed by atoms with Crippen LogP contribution in [0.1, 0.15) is 51.2 Å². The number of aryl methyl sites for hydroxylation is 3. The molecule has 0 radical (unpaired) electrons. The van der Waals surface area contributed by atoms with Gasteiger partial charge in [-0.15, -0.1) is 0 Å². The van der Waals surface area contributed by atoms with Crippen molar-refractivity contribution in [2.45, 2.75) is 45.5 Å². The largest absolute Gasteiger partial charge is 0.410 e. The first-order chi connectivity index (χ1) is 14.6. The minimum absolute atomic E-state index is 0.0699. The Morgan fingerprint density at radius 2 is 1.77 bits per heavy atom. The van der Waals surface area contributed by atoms with Gasteiger partial charge in [0.1, 0.15) is 5.82 Å². The second kappa shape index (κ2) is 7.76. The number of alkyl halides is 3. The molecule has 1 amide bonds. The summed E-state index contributed by atoms with van der Waals surface area (Å²) in [7, 11) is 0. The van der Waals surface area contributed by atoms with Crippen molar-refractivity contribution >= 4 is 17.4 Å². The number of benzene rings is 2. The van der Waals surface area contributed by atoms with Crippen LogP contribution in [0.25, 0.3) is 0 Å². The van der Waals surface area contributed by atoms with Crippen LogP contribution in [0.3, 0.4) is 0 Å². The lowest BCUT2D eigenvalue weighted by Gasteiger charge is -2.33. The fourth-order valence-electron chi connectivity index (χ4n) is 3.72. The lowest BCUT2D eigenvalue weighted by Crippen LogP contribution is -2.35. The maximum atomic E-state index is 13.8. The molecule has 1 aliphatic heterocycles. The number of carbonyl (C=O) groups is 1. The first kappa shape index (κ1) is 21.0. The van der Waals surface area contributed by atoms with E-state index < -0.39 is 24.2 Å². The van der Waals surface area contributed by atoms with E-state index in [0.717, 1.165) is 26.9 Å². The smallest absolute Gasteiger partial charge is 0.363 e. The number of hydrogen-bond acceptors (Lipinski definition) is 3. The van der Waals surface area contributed by atoms with Gasteiger partial charge in [0.2, 0.25) is 0 Å². The number of aromatic nitrogens is 2. The Morgan fingerprint density at radius 1 is 1.06 bits per heavy atom. The summed E-state index contributed by atoms with van der Waals surface area (Å²) in [5, 5.41) is 9.82. The van der Waals surface area contributed by atoms with Gasteiger partial charge in [-0.3, -0.25) is 4.79 Å². The molecule has 2 aromatic carbocycles. The van der Waals surface area contributed by atoms with Crippen LogP contribution < -0.4 is 10.6 Å². The Bertz CT molecular complexity index is 1120. The third-order valence-electron chi connectivity index (χ3n) is 5.67. The molecule has 2 atom stereocenters. The second-order valence-electron chi connectivity index (χ2n) is 8.01. The molecule has 0 bridgehead atoms. The molecule has 8 heteroatoms. The van der Waals surface area contributed by atoms with E-state index in [1.54, 1.807) is 6.07 Å². The van der Waals surface area contributed by atoms with Crippen LogP contribution in [0.2, 0.25) is 0 Å². The van der Waals surface area contributed by atoms with Gasteiger partial charge in [-0.1, -0.05) is 35.9 Å². The Hall–Kier alpha value is -3.29. The van der Waals surface area contributed by atoms with Gasteiger partial charge in [0, 0.05) is 18.2 Å². The van der Waals surface area contributed by atoms with Crippen molar-refractivity contribution in [1.29, 1.82) is 0 Å². The molecule has 5 nitrogen and oxygen atoms in total. The van der Waals surface area contributed by atoms with Crippen molar-refractivity contribution in [2.75, 3.05) is 10.6 Å². The number of carbonyl (C=O) groups excluding carboxylic acids is 1. The zero-order valence-electron chi connectivity index (χ0n) is 17.4. The summed E-state index contributed by atoms with van der Waals surface area (Å²) in [4.78, 5) is 12.7. The number of halogens is 3. The lowest BCUT2D eigenvalue weighted by atomic mass is 9.96. The average molecular weight is 428 g/mol. The summed E-state index contributed by atoms with van der Waals surface area (Å²) in [6.07, 6.45) is -4.70. The number of anilines is 2. The summed E-state index contributed by atoms with van der Waals surface area (Å²) in [6, 6.07) is 11.8. The zero-order chi connectivity index (χ0) is 22.3. The van der Waals surface area contributed by atoms with Gasteiger partial charge in [-0.25, -0.2) is 4.68 Å². The molecule has 31 heavy (non-hydrogen) atoms. The van der Waals surface area contributed by atoms with E-state index in [2.05, 4.69) is 15.7 Å². The van der Waals surface area contributed by atoms with Crippen LogP contribution in [-0.2, 0) is 0 Å². The van der Waals surface area contributed by atoms with E-state index >= 15 is 0 Å². The normalized spacial score (nSPS) is 18.3. The quantitative estimate of drug-likeness (QED) is 0.561. The van der Waals surface area contributed by atoms with Crippen LogP contribution in [0.5, 0.6) is 0 Å². The van der Waals surface area contributed by atoms with Crippen molar-refractivity contribution in [1.82, 2.24) is 9.78 Å². The Morgan fingerprint density at radius 3 is 2.42 bits per heavy atom. The van der Waals surface area contributed by atoms with Crippen LogP contribution in [-0.4, -0.2) is 21.9 Å². The number of rotatable bonds is 3. The van der Waals surface area contributed by atoms with Gasteiger partial charge in [0.05, 0.1) is 6.04 Å². The fourth-order valence-corrected chi connectivity index (χ4v) is 3.72. The first-order valence-electron chi connectivity index (χ1n) is 10.00. The average Bonchev–Trinajstić information content (AvgIpc) is 3.14. The van der Waals surface area contributed by atoms with Crippen LogP contribution in [0, 0.1) is 20.8 Å². The van der Waals surface area contributed by atoms with Crippen molar-refractivity contribution in [3.05, 3.63) is 76.5 Å². The molecule has 0 unspecified atom stereocenters. The maximum Gasteiger partial charge on any atom is 0.410 e. The highest BCUT2D eigenvalue weighted by atomic mass is 19.4. The monoisotopic (exact) mass is 428 g/mol. The van der Waals surface area contributed by atoms with Crippen LogP contribution in [0.4, 0.5) is 24.7 Å². The van der Waals surface area contributed by atoms with Gasteiger partial charge in [-0.05, 0) is 49.6 Å². The minimum Gasteiger partial charge on any atom is -0.363 e. The minimum atomic E-state index is -4.49. The lowest BCUT2D eigenvalue weighted by molar-refractivity contribution is -0.173. The molecule has 162 valence electrons. The maximum absolute atomic E-state index is 13.8. The van der Waals surface area contributed by atoms with Crippen molar-refractivity contribution in [3.63, 3.8) is 0 Å².